The fourth-order valence-electron chi connectivity index (χ4n) is 2.26. The highest BCUT2D eigenvalue weighted by atomic mass is 15.2. The number of nitrogens with one attached hydrogen (secondary N) is 1. The van der Waals surface area contributed by atoms with Crippen molar-refractivity contribution in [3.63, 3.8) is 0 Å². The molecule has 5 heteroatoms. The van der Waals surface area contributed by atoms with E-state index in [1.165, 1.54) is 6.42 Å². The van der Waals surface area contributed by atoms with Crippen LogP contribution in [-0.2, 0) is 0 Å². The molecule has 0 aliphatic heterocycles. The summed E-state index contributed by atoms with van der Waals surface area (Å²) in [7, 11) is 0. The SMILES string of the molecule is CCNc1cn2ccnc2c(N(CC)CC(C)CC)n1. The summed E-state index contributed by atoms with van der Waals surface area (Å²) >= 11 is 0. The number of imidazole rings is 1. The van der Waals surface area contributed by atoms with Crippen molar-refractivity contribution in [1.29, 1.82) is 0 Å². The van der Waals surface area contributed by atoms with Gasteiger partial charge in [-0.2, -0.15) is 0 Å². The van der Waals surface area contributed by atoms with Crippen LogP contribution < -0.4 is 10.2 Å². The summed E-state index contributed by atoms with van der Waals surface area (Å²) in [4.78, 5) is 11.5. The van der Waals surface area contributed by atoms with Crippen LogP contribution in [0.25, 0.3) is 5.65 Å². The topological polar surface area (TPSA) is 45.5 Å². The second-order valence-corrected chi connectivity index (χ2v) is 5.19. The van der Waals surface area contributed by atoms with E-state index >= 15 is 0 Å². The second kappa shape index (κ2) is 6.59. The van der Waals surface area contributed by atoms with Crippen LogP contribution in [0.1, 0.15) is 34.1 Å². The Hall–Kier alpha value is -1.78. The number of hydrogen-bond donors (Lipinski definition) is 1. The molecule has 5 nitrogen and oxygen atoms in total. The quantitative estimate of drug-likeness (QED) is 0.843. The van der Waals surface area contributed by atoms with Crippen molar-refractivity contribution in [3.05, 3.63) is 18.6 Å². The van der Waals surface area contributed by atoms with Gasteiger partial charge in [0.1, 0.15) is 5.82 Å². The molecule has 0 spiro atoms. The van der Waals surface area contributed by atoms with Crippen molar-refractivity contribution >= 4 is 17.3 Å². The second-order valence-electron chi connectivity index (χ2n) is 5.19. The van der Waals surface area contributed by atoms with Gasteiger partial charge in [0.2, 0.25) is 0 Å². The molecule has 2 aromatic heterocycles. The Morgan fingerprint density at radius 1 is 1.35 bits per heavy atom. The van der Waals surface area contributed by atoms with Gasteiger partial charge in [-0.05, 0) is 19.8 Å². The van der Waals surface area contributed by atoms with Crippen LogP contribution in [0.15, 0.2) is 18.6 Å². The van der Waals surface area contributed by atoms with Crippen LogP contribution in [0.3, 0.4) is 0 Å². The zero-order valence-electron chi connectivity index (χ0n) is 12.9. The van der Waals surface area contributed by atoms with Crippen molar-refractivity contribution in [2.24, 2.45) is 5.92 Å². The fourth-order valence-corrected chi connectivity index (χ4v) is 2.26. The Kier molecular flexibility index (Phi) is 4.82. The third kappa shape index (κ3) is 3.03. The third-order valence-corrected chi connectivity index (χ3v) is 3.62. The zero-order chi connectivity index (χ0) is 14.5. The summed E-state index contributed by atoms with van der Waals surface area (Å²) in [5.41, 5.74) is 0.928. The molecule has 0 aliphatic rings. The minimum Gasteiger partial charge on any atom is -0.369 e. The van der Waals surface area contributed by atoms with E-state index in [9.17, 15) is 0 Å². The van der Waals surface area contributed by atoms with Crippen LogP contribution in [0.5, 0.6) is 0 Å². The predicted octanol–water partition coefficient (Wildman–Crippen LogP) is 3.03. The van der Waals surface area contributed by atoms with E-state index in [4.69, 9.17) is 4.98 Å². The van der Waals surface area contributed by atoms with Crippen molar-refractivity contribution in [2.75, 3.05) is 29.9 Å². The molecule has 0 saturated heterocycles. The lowest BCUT2D eigenvalue weighted by atomic mass is 10.1. The molecule has 20 heavy (non-hydrogen) atoms. The molecule has 1 unspecified atom stereocenters. The van der Waals surface area contributed by atoms with Gasteiger partial charge in [-0.15, -0.1) is 0 Å². The van der Waals surface area contributed by atoms with Crippen LogP contribution in [0, 0.1) is 5.92 Å². The molecule has 0 bridgehead atoms. The third-order valence-electron chi connectivity index (χ3n) is 3.62. The first-order valence-corrected chi connectivity index (χ1v) is 7.52. The molecule has 0 aromatic carbocycles. The Balaban J connectivity index is 2.40. The number of fused-ring (bicyclic) bond motifs is 1. The summed E-state index contributed by atoms with van der Waals surface area (Å²) in [6.45, 7) is 11.6. The van der Waals surface area contributed by atoms with E-state index in [-0.39, 0.29) is 0 Å². The number of nitrogens with zero attached hydrogens (tertiary/aromatic N) is 4. The molecule has 0 radical (unpaired) electrons. The Labute approximate surface area is 121 Å². The summed E-state index contributed by atoms with van der Waals surface area (Å²) < 4.78 is 2.04. The molecular formula is C15H25N5. The highest BCUT2D eigenvalue weighted by Crippen LogP contribution is 2.22. The average molecular weight is 275 g/mol. The molecule has 110 valence electrons. The lowest BCUT2D eigenvalue weighted by Crippen LogP contribution is -2.29. The zero-order valence-corrected chi connectivity index (χ0v) is 12.9. The number of hydrogen-bond acceptors (Lipinski definition) is 4. The molecule has 1 N–H and O–H groups in total. The number of rotatable bonds is 7. The Morgan fingerprint density at radius 3 is 2.80 bits per heavy atom. The largest absolute Gasteiger partial charge is 0.369 e. The Morgan fingerprint density at radius 2 is 2.15 bits per heavy atom. The van der Waals surface area contributed by atoms with Crippen LogP contribution in [0.4, 0.5) is 11.6 Å². The highest BCUT2D eigenvalue weighted by Gasteiger charge is 2.15. The van der Waals surface area contributed by atoms with E-state index in [1.807, 2.05) is 23.0 Å². The van der Waals surface area contributed by atoms with Gasteiger partial charge in [0.25, 0.3) is 0 Å². The summed E-state index contributed by atoms with van der Waals surface area (Å²) in [6, 6.07) is 0. The van der Waals surface area contributed by atoms with E-state index in [0.29, 0.717) is 5.92 Å². The van der Waals surface area contributed by atoms with Gasteiger partial charge >= 0.3 is 0 Å². The van der Waals surface area contributed by atoms with Gasteiger partial charge in [0.15, 0.2) is 11.5 Å². The molecule has 0 amide bonds. The monoisotopic (exact) mass is 275 g/mol. The molecule has 0 saturated carbocycles. The van der Waals surface area contributed by atoms with Gasteiger partial charge in [0, 0.05) is 32.0 Å². The van der Waals surface area contributed by atoms with Crippen LogP contribution in [0.2, 0.25) is 0 Å². The van der Waals surface area contributed by atoms with Crippen molar-refractivity contribution < 1.29 is 0 Å². The molecule has 2 aromatic rings. The van der Waals surface area contributed by atoms with Crippen molar-refractivity contribution in [2.45, 2.75) is 34.1 Å². The maximum absolute atomic E-state index is 4.75. The number of aromatic nitrogens is 3. The van der Waals surface area contributed by atoms with Gasteiger partial charge < -0.3 is 14.6 Å². The van der Waals surface area contributed by atoms with E-state index in [1.54, 1.807) is 0 Å². The van der Waals surface area contributed by atoms with Crippen molar-refractivity contribution in [3.8, 4) is 0 Å². The van der Waals surface area contributed by atoms with E-state index < -0.39 is 0 Å². The van der Waals surface area contributed by atoms with Gasteiger partial charge in [-0.3, -0.25) is 0 Å². The van der Waals surface area contributed by atoms with Crippen LogP contribution >= 0.6 is 0 Å². The Bertz CT molecular complexity index is 548. The highest BCUT2D eigenvalue weighted by molar-refractivity contribution is 5.66. The standard InChI is InChI=1S/C15H25N5/c1-5-12(4)10-19(7-3)15-14-17-8-9-20(14)11-13(18-15)16-6-2/h8-9,11-12,16H,5-7,10H2,1-4H3. The van der Waals surface area contributed by atoms with Gasteiger partial charge in [-0.25, -0.2) is 9.97 Å². The molecular weight excluding hydrogens is 250 g/mol. The first-order chi connectivity index (χ1) is 9.69. The molecule has 2 heterocycles. The number of anilines is 2. The smallest absolute Gasteiger partial charge is 0.180 e. The maximum Gasteiger partial charge on any atom is 0.180 e. The normalized spacial score (nSPS) is 12.6. The molecule has 1 atom stereocenters. The predicted molar refractivity (Wildman–Crippen MR) is 84.5 cm³/mol. The molecule has 0 fully saturated rings. The lowest BCUT2D eigenvalue weighted by molar-refractivity contribution is 0.546. The first-order valence-electron chi connectivity index (χ1n) is 7.52. The summed E-state index contributed by atoms with van der Waals surface area (Å²) in [5, 5.41) is 3.29. The molecule has 0 aliphatic carbocycles. The van der Waals surface area contributed by atoms with Crippen molar-refractivity contribution in [1.82, 2.24) is 14.4 Å². The van der Waals surface area contributed by atoms with Gasteiger partial charge in [0.05, 0.1) is 6.20 Å². The maximum atomic E-state index is 4.75. The van der Waals surface area contributed by atoms with Gasteiger partial charge in [-0.1, -0.05) is 20.3 Å². The lowest BCUT2D eigenvalue weighted by Gasteiger charge is -2.25. The summed E-state index contributed by atoms with van der Waals surface area (Å²) in [5.74, 6) is 2.52. The van der Waals surface area contributed by atoms with E-state index in [0.717, 1.165) is 36.9 Å². The first kappa shape index (κ1) is 14.6. The molecule has 2 rings (SSSR count). The van der Waals surface area contributed by atoms with Crippen LogP contribution in [-0.4, -0.2) is 34.0 Å². The fraction of sp³-hybridized carbons (Fsp3) is 0.600. The minimum absolute atomic E-state index is 0.648. The summed E-state index contributed by atoms with van der Waals surface area (Å²) in [6.07, 6.45) is 6.96. The minimum atomic E-state index is 0.648. The van der Waals surface area contributed by atoms with E-state index in [2.05, 4.69) is 42.9 Å². The average Bonchev–Trinajstić information content (AvgIpc) is 2.92.